The average Bonchev–Trinajstić information content (AvgIpc) is 4.41. The number of nitrogens with zero attached hydrogens (tertiary/aromatic N) is 6. The van der Waals surface area contributed by atoms with Crippen molar-refractivity contribution in [3.8, 4) is 51.5 Å². The molecular weight excluding hydrogens is 925 g/mol. The van der Waals surface area contributed by atoms with Gasteiger partial charge in [0, 0.05) is 72.0 Å². The van der Waals surface area contributed by atoms with Crippen LogP contribution in [0.25, 0.3) is 105 Å². The van der Waals surface area contributed by atoms with Gasteiger partial charge in [-0.3, -0.25) is 0 Å². The van der Waals surface area contributed by atoms with Crippen molar-refractivity contribution in [2.75, 3.05) is 4.90 Å². The van der Waals surface area contributed by atoms with Gasteiger partial charge in [0.2, 0.25) is 0 Å². The van der Waals surface area contributed by atoms with Crippen LogP contribution in [0.5, 0.6) is 0 Å². The monoisotopic (exact) mass is 970 g/mol. The summed E-state index contributed by atoms with van der Waals surface area (Å²) in [6.07, 6.45) is 9.15. The topological polar surface area (TPSA) is 65.6 Å². The molecule has 2 atom stereocenters. The Hall–Kier alpha value is -10.1. The second-order valence-electron chi connectivity index (χ2n) is 20.2. The number of nitriles is 2. The van der Waals surface area contributed by atoms with E-state index in [0.29, 0.717) is 11.1 Å². The first kappa shape index (κ1) is 43.4. The molecule has 76 heavy (non-hydrogen) atoms. The normalized spacial score (nSPS) is 14.8. The number of benzene rings is 10. The van der Waals surface area contributed by atoms with Gasteiger partial charge in [0.05, 0.1) is 73.8 Å². The number of hydrogen-bond donors (Lipinski definition) is 0. The summed E-state index contributed by atoms with van der Waals surface area (Å²) in [7, 11) is 0. The van der Waals surface area contributed by atoms with Gasteiger partial charge in [0.1, 0.15) is 0 Å². The van der Waals surface area contributed by atoms with Gasteiger partial charge in [0.15, 0.2) is 0 Å². The Labute approximate surface area is 439 Å². The van der Waals surface area contributed by atoms with Gasteiger partial charge in [0.25, 0.3) is 0 Å². The smallest absolute Gasteiger partial charge is 0.0991 e. The maximum absolute atomic E-state index is 10.3. The maximum Gasteiger partial charge on any atom is 0.0991 e. The lowest BCUT2D eigenvalue weighted by Crippen LogP contribution is -2.28. The number of fused-ring (bicyclic) bond motifs is 14. The molecule has 0 fully saturated rings. The molecule has 4 heterocycles. The predicted molar refractivity (Wildman–Crippen MR) is 313 cm³/mol. The van der Waals surface area contributed by atoms with Crippen molar-refractivity contribution >= 4 is 76.8 Å². The first-order valence-electron chi connectivity index (χ1n) is 26.0. The Morgan fingerprint density at radius 1 is 0.395 bits per heavy atom. The molecule has 0 bridgehead atoms. The Morgan fingerprint density at radius 3 is 1.47 bits per heavy atom. The van der Waals surface area contributed by atoms with Crippen molar-refractivity contribution in [2.24, 2.45) is 0 Å². The first-order valence-corrected chi connectivity index (χ1v) is 26.0. The zero-order valence-electron chi connectivity index (χ0n) is 41.8. The zero-order chi connectivity index (χ0) is 50.8. The van der Waals surface area contributed by atoms with Crippen LogP contribution in [0.4, 0.5) is 11.4 Å². The van der Waals surface area contributed by atoms with E-state index in [-0.39, 0.29) is 12.0 Å². The van der Waals surface area contributed by atoms with E-state index in [4.69, 9.17) is 0 Å². The van der Waals surface area contributed by atoms with Crippen molar-refractivity contribution in [3.63, 3.8) is 0 Å². The summed E-state index contributed by atoms with van der Waals surface area (Å²) in [5.41, 5.74) is 21.1. The molecule has 0 saturated heterocycles. The van der Waals surface area contributed by atoms with Gasteiger partial charge < -0.3 is 18.6 Å². The highest BCUT2D eigenvalue weighted by molar-refractivity contribution is 6.27. The van der Waals surface area contributed by atoms with E-state index in [9.17, 15) is 10.5 Å². The van der Waals surface area contributed by atoms with Gasteiger partial charge in [-0.2, -0.15) is 10.5 Å². The Morgan fingerprint density at radius 2 is 0.882 bits per heavy atom. The van der Waals surface area contributed by atoms with E-state index in [1.54, 1.807) is 0 Å². The minimum Gasteiger partial charge on any atom is -0.333 e. The summed E-state index contributed by atoms with van der Waals surface area (Å²) >= 11 is 0. The fourth-order valence-electron chi connectivity index (χ4n) is 13.3. The molecule has 10 aromatic carbocycles. The van der Waals surface area contributed by atoms with Crippen molar-refractivity contribution in [1.82, 2.24) is 13.7 Å². The lowest BCUT2D eigenvalue weighted by Gasteiger charge is -2.28. The molecule has 0 N–H and O–H groups in total. The van der Waals surface area contributed by atoms with Crippen molar-refractivity contribution in [3.05, 3.63) is 258 Å². The average molecular weight is 971 g/mol. The molecule has 2 unspecified atom stereocenters. The number of aromatic nitrogens is 3. The molecule has 6 heteroatoms. The molecular formula is C70H46N6. The SMILES string of the molecule is Cc1c(-c2ccc(C#N)cc2)c(-n2c3ccccc3c3ccc4c(c5ccccc5n4-c4ccccc4)c32)c(-c2ccc(C#N)cc2)c(C)c1-n1c2ccccc2c2ccc3c(c21)C1C=CC=CC1N3c1ccccc1. The van der Waals surface area contributed by atoms with Crippen molar-refractivity contribution in [1.29, 1.82) is 10.5 Å². The van der Waals surface area contributed by atoms with Gasteiger partial charge in [-0.05, 0) is 115 Å². The summed E-state index contributed by atoms with van der Waals surface area (Å²) in [4.78, 5) is 2.52. The molecule has 1 aliphatic carbocycles. The van der Waals surface area contributed by atoms with Crippen LogP contribution >= 0.6 is 0 Å². The second-order valence-corrected chi connectivity index (χ2v) is 20.2. The molecule has 13 aromatic rings. The van der Waals surface area contributed by atoms with Gasteiger partial charge in [-0.1, -0.05) is 152 Å². The third kappa shape index (κ3) is 6.07. The molecule has 0 radical (unpaired) electrons. The molecule has 0 spiro atoms. The first-order chi connectivity index (χ1) is 37.5. The number of rotatable bonds is 6. The largest absolute Gasteiger partial charge is 0.333 e. The van der Waals surface area contributed by atoms with Crippen LogP contribution in [0.2, 0.25) is 0 Å². The third-order valence-electron chi connectivity index (χ3n) is 16.4. The van der Waals surface area contributed by atoms with Crippen LogP contribution in [0, 0.1) is 36.5 Å². The molecule has 0 amide bonds. The van der Waals surface area contributed by atoms with Gasteiger partial charge >= 0.3 is 0 Å². The van der Waals surface area contributed by atoms with Crippen LogP contribution in [0.3, 0.4) is 0 Å². The highest BCUT2D eigenvalue weighted by atomic mass is 15.2. The molecule has 3 aromatic heterocycles. The second kappa shape index (κ2) is 16.7. The third-order valence-corrected chi connectivity index (χ3v) is 16.4. The number of hydrogen-bond acceptors (Lipinski definition) is 3. The molecule has 2 aliphatic rings. The fourth-order valence-corrected chi connectivity index (χ4v) is 13.3. The van der Waals surface area contributed by atoms with E-state index in [1.807, 2.05) is 24.3 Å². The number of allylic oxidation sites excluding steroid dienone is 2. The molecule has 15 rings (SSSR count). The van der Waals surface area contributed by atoms with Crippen LogP contribution in [-0.4, -0.2) is 19.7 Å². The zero-order valence-corrected chi connectivity index (χ0v) is 41.8. The standard InChI is InChI=1S/C70H46N6/c1-43-63(47-33-29-45(41-71)30-34-47)70(76-58-26-14-10-22-52(58)54-38-40-62-66(69(54)76)56-24-12-16-28-60(56)74(62)50-19-7-4-8-20-50)64(48-35-31-46(42-72)32-36-48)44(2)67(43)75-57-25-13-9-21-51(57)53-37-39-61-65(68(53)75)55-23-11-15-27-59(55)73(61)49-17-5-3-6-18-49/h3-40,55,59H,1-2H3. The quantitative estimate of drug-likeness (QED) is 0.167. The lowest BCUT2D eigenvalue weighted by atomic mass is 9.86. The maximum atomic E-state index is 10.3. The molecule has 1 aliphatic heterocycles. The van der Waals surface area contributed by atoms with Crippen molar-refractivity contribution in [2.45, 2.75) is 25.8 Å². The van der Waals surface area contributed by atoms with Crippen LogP contribution < -0.4 is 4.90 Å². The van der Waals surface area contributed by atoms with E-state index in [2.05, 4.69) is 251 Å². The van der Waals surface area contributed by atoms with Gasteiger partial charge in [-0.15, -0.1) is 0 Å². The molecule has 6 nitrogen and oxygen atoms in total. The van der Waals surface area contributed by atoms with E-state index < -0.39 is 0 Å². The fraction of sp³-hybridized carbons (Fsp3) is 0.0571. The summed E-state index contributed by atoms with van der Waals surface area (Å²) < 4.78 is 7.52. The van der Waals surface area contributed by atoms with Crippen LogP contribution in [-0.2, 0) is 0 Å². The summed E-state index contributed by atoms with van der Waals surface area (Å²) in [6.45, 7) is 4.61. The van der Waals surface area contributed by atoms with Gasteiger partial charge in [-0.25, -0.2) is 0 Å². The summed E-state index contributed by atoms with van der Waals surface area (Å²) in [6, 6.07) is 78.4. The predicted octanol–water partition coefficient (Wildman–Crippen LogP) is 17.4. The summed E-state index contributed by atoms with van der Waals surface area (Å²) in [5.74, 6) is 0.0841. The minimum atomic E-state index is 0.0841. The van der Waals surface area contributed by atoms with E-state index in [1.165, 1.54) is 27.5 Å². The Balaban J connectivity index is 1.16. The molecule has 356 valence electrons. The highest BCUT2D eigenvalue weighted by Crippen LogP contribution is 2.55. The number of anilines is 2. The number of para-hydroxylation sites is 5. The van der Waals surface area contributed by atoms with Crippen molar-refractivity contribution < 1.29 is 0 Å². The minimum absolute atomic E-state index is 0.0841. The summed E-state index contributed by atoms with van der Waals surface area (Å²) in [5, 5.41) is 27.5. The van der Waals surface area contributed by atoms with E-state index in [0.717, 1.165) is 105 Å². The van der Waals surface area contributed by atoms with Crippen LogP contribution in [0.1, 0.15) is 33.7 Å². The highest BCUT2D eigenvalue weighted by Gasteiger charge is 2.41. The van der Waals surface area contributed by atoms with Crippen LogP contribution in [0.15, 0.2) is 231 Å². The lowest BCUT2D eigenvalue weighted by molar-refractivity contribution is 0.746. The molecule has 0 saturated carbocycles. The van der Waals surface area contributed by atoms with E-state index >= 15 is 0 Å². The Bertz CT molecular complexity index is 4640. The Kier molecular flexibility index (Phi) is 9.54.